The molecule has 4 N–H and O–H groups in total. The number of nitrogens with zero attached hydrogens (tertiary/aromatic N) is 1. The number of hydroxylamine groups is 1. The van der Waals surface area contributed by atoms with E-state index in [1.807, 2.05) is 7.05 Å². The molecule has 0 aromatic heterocycles. The molecule has 1 heterocycles. The number of rotatable bonds is 7. The molecule has 1 unspecified atom stereocenters. The molecule has 0 fully saturated rings. The highest BCUT2D eigenvalue weighted by atomic mass is 16.5. The van der Waals surface area contributed by atoms with Crippen LogP contribution < -0.4 is 21.0 Å². The fourth-order valence-electron chi connectivity index (χ4n) is 2.63. The summed E-state index contributed by atoms with van der Waals surface area (Å²) in [6.07, 6.45) is 0.283. The molecule has 1 atom stereocenters. The van der Waals surface area contributed by atoms with E-state index in [4.69, 9.17) is 5.21 Å². The fraction of sp³-hybridized carbons (Fsp3) is 0.500. The highest BCUT2D eigenvalue weighted by molar-refractivity contribution is 5.74. The van der Waals surface area contributed by atoms with Gasteiger partial charge in [-0.2, -0.15) is 0 Å². The molecule has 0 saturated heterocycles. The van der Waals surface area contributed by atoms with Gasteiger partial charge in [-0.3, -0.25) is 10.0 Å². The second-order valence-electron chi connectivity index (χ2n) is 4.98. The normalized spacial score (nSPS) is 17.1. The Hall–Kier alpha value is -1.63. The van der Waals surface area contributed by atoms with Gasteiger partial charge in [0.15, 0.2) is 0 Å². The van der Waals surface area contributed by atoms with Crippen molar-refractivity contribution in [2.24, 2.45) is 0 Å². The van der Waals surface area contributed by atoms with E-state index >= 15 is 0 Å². The smallest absolute Gasteiger partial charge is 0.244 e. The largest absolute Gasteiger partial charge is 0.358 e. The number of nitrogens with one attached hydrogen (secondary N) is 3. The highest BCUT2D eigenvalue weighted by Gasteiger charge is 2.27. The first-order valence-electron chi connectivity index (χ1n) is 6.88. The molecule has 6 nitrogen and oxygen atoms in total. The predicted octanol–water partition coefficient (Wildman–Crippen LogP) is 0.252. The Morgan fingerprint density at radius 2 is 2.25 bits per heavy atom. The molecule has 1 aromatic rings. The highest BCUT2D eigenvalue weighted by Crippen LogP contribution is 2.34. The van der Waals surface area contributed by atoms with Crippen LogP contribution in [0.4, 0.5) is 5.69 Å². The first-order valence-corrected chi connectivity index (χ1v) is 6.88. The Kier molecular flexibility index (Phi) is 5.34. The molecule has 0 aliphatic carbocycles. The number of benzene rings is 1. The van der Waals surface area contributed by atoms with E-state index in [1.165, 1.54) is 11.3 Å². The van der Waals surface area contributed by atoms with Gasteiger partial charge in [0, 0.05) is 37.7 Å². The van der Waals surface area contributed by atoms with Crippen LogP contribution in [0.5, 0.6) is 0 Å². The molecule has 0 bridgehead atoms. The summed E-state index contributed by atoms with van der Waals surface area (Å²) in [4.78, 5) is 13.2. The molecule has 110 valence electrons. The minimum atomic E-state index is -0.360. The second-order valence-corrected chi connectivity index (χ2v) is 4.98. The second kappa shape index (κ2) is 7.23. The number of carbonyl (C=O) groups excluding carboxylic acids is 1. The zero-order chi connectivity index (χ0) is 14.4. The van der Waals surface area contributed by atoms with Crippen molar-refractivity contribution >= 4 is 11.6 Å². The lowest BCUT2D eigenvalue weighted by Crippen LogP contribution is -2.33. The lowest BCUT2D eigenvalue weighted by Gasteiger charge is -2.19. The van der Waals surface area contributed by atoms with Crippen LogP contribution in [0.2, 0.25) is 0 Å². The van der Waals surface area contributed by atoms with Gasteiger partial charge in [0.25, 0.3) is 0 Å². The van der Waals surface area contributed by atoms with Gasteiger partial charge in [-0.25, -0.2) is 5.48 Å². The van der Waals surface area contributed by atoms with E-state index in [-0.39, 0.29) is 12.3 Å². The van der Waals surface area contributed by atoms with Gasteiger partial charge in [-0.05, 0) is 18.7 Å². The van der Waals surface area contributed by atoms with Gasteiger partial charge >= 0.3 is 0 Å². The van der Waals surface area contributed by atoms with Crippen LogP contribution in [-0.4, -0.2) is 44.5 Å². The number of carbonyl (C=O) groups is 1. The van der Waals surface area contributed by atoms with E-state index in [0.717, 1.165) is 19.8 Å². The van der Waals surface area contributed by atoms with Crippen molar-refractivity contribution in [1.82, 2.24) is 16.1 Å². The molecule has 0 radical (unpaired) electrons. The van der Waals surface area contributed by atoms with E-state index < -0.39 is 0 Å². The standard InChI is InChI=1S/C14H22N4O2/c1-15-10-18-9-11(8-16-7-6-14(19)17-20)12-4-2-3-5-13(12)18/h2-5,11,15-16,20H,6-10H2,1H3,(H,17,19). The summed E-state index contributed by atoms with van der Waals surface area (Å²) in [5, 5.41) is 14.9. The van der Waals surface area contributed by atoms with Crippen LogP contribution in [0.25, 0.3) is 0 Å². The minimum Gasteiger partial charge on any atom is -0.358 e. The van der Waals surface area contributed by atoms with Crippen LogP contribution in [0.1, 0.15) is 17.9 Å². The van der Waals surface area contributed by atoms with Crippen molar-refractivity contribution in [1.29, 1.82) is 0 Å². The first kappa shape index (κ1) is 14.8. The maximum atomic E-state index is 10.9. The molecule has 1 amide bonds. The SMILES string of the molecule is CNCN1CC(CNCCC(=O)NO)c2ccccc21. The van der Waals surface area contributed by atoms with Crippen molar-refractivity contribution in [3.63, 3.8) is 0 Å². The zero-order valence-corrected chi connectivity index (χ0v) is 11.7. The van der Waals surface area contributed by atoms with Gasteiger partial charge < -0.3 is 15.5 Å². The predicted molar refractivity (Wildman–Crippen MR) is 77.9 cm³/mol. The topological polar surface area (TPSA) is 76.6 Å². The van der Waals surface area contributed by atoms with Crippen molar-refractivity contribution in [2.45, 2.75) is 12.3 Å². The van der Waals surface area contributed by atoms with Crippen LogP contribution in [0.3, 0.4) is 0 Å². The van der Waals surface area contributed by atoms with Gasteiger partial charge in [-0.1, -0.05) is 18.2 Å². The molecule has 0 spiro atoms. The fourth-order valence-corrected chi connectivity index (χ4v) is 2.63. The van der Waals surface area contributed by atoms with Crippen molar-refractivity contribution < 1.29 is 10.0 Å². The van der Waals surface area contributed by atoms with Crippen LogP contribution in [0.15, 0.2) is 24.3 Å². The minimum absolute atomic E-state index is 0.283. The molecule has 1 aliphatic heterocycles. The van der Waals surface area contributed by atoms with Crippen molar-refractivity contribution in [2.75, 3.05) is 38.3 Å². The summed E-state index contributed by atoms with van der Waals surface area (Å²) >= 11 is 0. The van der Waals surface area contributed by atoms with E-state index in [2.05, 4.69) is 39.8 Å². The zero-order valence-electron chi connectivity index (χ0n) is 11.7. The summed E-state index contributed by atoms with van der Waals surface area (Å²) in [6, 6.07) is 8.43. The number of hydrogen-bond acceptors (Lipinski definition) is 5. The van der Waals surface area contributed by atoms with Crippen LogP contribution in [-0.2, 0) is 4.79 Å². The monoisotopic (exact) mass is 278 g/mol. The van der Waals surface area contributed by atoms with Crippen LogP contribution >= 0.6 is 0 Å². The van der Waals surface area contributed by atoms with Gasteiger partial charge in [0.05, 0.1) is 6.67 Å². The Morgan fingerprint density at radius 1 is 1.45 bits per heavy atom. The van der Waals surface area contributed by atoms with Crippen molar-refractivity contribution in [3.8, 4) is 0 Å². The van der Waals surface area contributed by atoms with Gasteiger partial charge in [0.2, 0.25) is 5.91 Å². The van der Waals surface area contributed by atoms with E-state index in [9.17, 15) is 4.79 Å². The van der Waals surface area contributed by atoms with E-state index in [0.29, 0.717) is 12.5 Å². The maximum absolute atomic E-state index is 10.9. The van der Waals surface area contributed by atoms with Gasteiger partial charge in [-0.15, -0.1) is 0 Å². The summed E-state index contributed by atoms with van der Waals surface area (Å²) in [7, 11) is 1.95. The Morgan fingerprint density at radius 3 is 3.00 bits per heavy atom. The summed E-state index contributed by atoms with van der Waals surface area (Å²) in [6.45, 7) is 3.20. The number of amides is 1. The quantitative estimate of drug-likeness (QED) is 0.327. The molecule has 1 aromatic carbocycles. The molecule has 20 heavy (non-hydrogen) atoms. The number of fused-ring (bicyclic) bond motifs is 1. The number of para-hydroxylation sites is 1. The molecule has 0 saturated carbocycles. The Balaban J connectivity index is 1.88. The molecule has 6 heteroatoms. The molecule has 1 aliphatic rings. The average Bonchev–Trinajstić information content (AvgIpc) is 2.82. The Bertz CT molecular complexity index is 453. The lowest BCUT2D eigenvalue weighted by molar-refractivity contribution is -0.129. The average molecular weight is 278 g/mol. The maximum Gasteiger partial charge on any atom is 0.244 e. The summed E-state index contributed by atoms with van der Waals surface area (Å²) < 4.78 is 0. The third kappa shape index (κ3) is 3.47. The summed E-state index contributed by atoms with van der Waals surface area (Å²) in [5.41, 5.74) is 4.27. The third-order valence-corrected chi connectivity index (χ3v) is 3.55. The summed E-state index contributed by atoms with van der Waals surface area (Å²) in [5.74, 6) is 0.0675. The lowest BCUT2D eigenvalue weighted by atomic mass is 10.0. The van der Waals surface area contributed by atoms with Crippen LogP contribution in [0, 0.1) is 0 Å². The number of anilines is 1. The molecular weight excluding hydrogens is 256 g/mol. The first-order chi connectivity index (χ1) is 9.76. The third-order valence-electron chi connectivity index (χ3n) is 3.55. The Labute approximate surface area is 119 Å². The van der Waals surface area contributed by atoms with Gasteiger partial charge in [0.1, 0.15) is 0 Å². The number of hydrogen-bond donors (Lipinski definition) is 4. The molecule has 2 rings (SSSR count). The van der Waals surface area contributed by atoms with Crippen molar-refractivity contribution in [3.05, 3.63) is 29.8 Å². The van der Waals surface area contributed by atoms with E-state index in [1.54, 1.807) is 5.48 Å². The molecular formula is C14H22N4O2.